The topological polar surface area (TPSA) is 78.6 Å². The lowest BCUT2D eigenvalue weighted by Crippen LogP contribution is -2.57. The maximum Gasteiger partial charge on any atom is 0.253 e. The van der Waals surface area contributed by atoms with Gasteiger partial charge in [-0.05, 0) is 56.1 Å². The quantitative estimate of drug-likeness (QED) is 0.748. The number of carbonyl (C=O) groups is 1. The summed E-state index contributed by atoms with van der Waals surface area (Å²) in [5.41, 5.74) is 2.08. The molecular formula is C21H21N3O3. The Hall–Kier alpha value is -2.86. The van der Waals surface area contributed by atoms with Gasteiger partial charge in [0.05, 0.1) is 11.1 Å². The molecule has 2 aromatic carbocycles. The molecule has 27 heavy (non-hydrogen) atoms. The van der Waals surface area contributed by atoms with Crippen LogP contribution < -0.4 is 5.32 Å². The minimum Gasteiger partial charge on any atom is -0.507 e. The van der Waals surface area contributed by atoms with Gasteiger partial charge in [0.25, 0.3) is 5.91 Å². The molecule has 138 valence electrons. The van der Waals surface area contributed by atoms with Crippen molar-refractivity contribution in [3.05, 3.63) is 48.0 Å². The fraction of sp³-hybridized carbons (Fsp3) is 0.333. The summed E-state index contributed by atoms with van der Waals surface area (Å²) < 4.78 is 5.81. The number of carbonyl (C=O) groups excluding carboxylic acids is 1. The minimum absolute atomic E-state index is 0.0994. The summed E-state index contributed by atoms with van der Waals surface area (Å²) in [7, 11) is 0. The number of aromatic hydroxyl groups is 1. The third-order valence-corrected chi connectivity index (χ3v) is 5.77. The zero-order valence-electron chi connectivity index (χ0n) is 14.9. The van der Waals surface area contributed by atoms with Crippen LogP contribution in [-0.2, 0) is 0 Å². The molecule has 3 aliphatic rings. The Balaban J connectivity index is 1.46. The van der Waals surface area contributed by atoms with Crippen molar-refractivity contribution in [3.63, 3.8) is 0 Å². The van der Waals surface area contributed by atoms with Crippen LogP contribution in [0.5, 0.6) is 5.75 Å². The highest BCUT2D eigenvalue weighted by molar-refractivity contribution is 6.05. The van der Waals surface area contributed by atoms with Crippen LogP contribution in [0.15, 0.2) is 46.9 Å². The first-order valence-electron chi connectivity index (χ1n) is 9.40. The van der Waals surface area contributed by atoms with Gasteiger partial charge in [-0.15, -0.1) is 0 Å². The van der Waals surface area contributed by atoms with Gasteiger partial charge >= 0.3 is 0 Å². The Morgan fingerprint density at radius 1 is 1.15 bits per heavy atom. The van der Waals surface area contributed by atoms with Gasteiger partial charge in [-0.25, -0.2) is 4.98 Å². The molecular weight excluding hydrogens is 342 g/mol. The third-order valence-electron chi connectivity index (χ3n) is 5.77. The van der Waals surface area contributed by atoms with E-state index in [1.807, 2.05) is 6.07 Å². The van der Waals surface area contributed by atoms with Crippen molar-refractivity contribution in [2.45, 2.75) is 18.9 Å². The molecule has 6 rings (SSSR count). The van der Waals surface area contributed by atoms with Crippen LogP contribution in [0.2, 0.25) is 0 Å². The molecule has 6 heteroatoms. The highest BCUT2D eigenvalue weighted by atomic mass is 16.3. The number of hydrogen-bond donors (Lipinski definition) is 2. The highest BCUT2D eigenvalue weighted by Crippen LogP contribution is 2.32. The van der Waals surface area contributed by atoms with Crippen molar-refractivity contribution < 1.29 is 14.3 Å². The minimum atomic E-state index is -0.114. The number of nitrogens with zero attached hydrogens (tertiary/aromatic N) is 2. The fourth-order valence-electron chi connectivity index (χ4n) is 4.28. The van der Waals surface area contributed by atoms with Gasteiger partial charge in [-0.1, -0.05) is 18.2 Å². The number of nitrogens with one attached hydrogen (secondary N) is 1. The smallest absolute Gasteiger partial charge is 0.253 e. The highest BCUT2D eigenvalue weighted by Gasteiger charge is 2.35. The number of oxazole rings is 1. The molecule has 2 bridgehead atoms. The van der Waals surface area contributed by atoms with Crippen LogP contribution in [0.1, 0.15) is 23.2 Å². The number of aromatic nitrogens is 1. The van der Waals surface area contributed by atoms with Crippen molar-refractivity contribution in [2.75, 3.05) is 19.6 Å². The molecule has 3 aromatic rings. The van der Waals surface area contributed by atoms with Crippen LogP contribution in [0.4, 0.5) is 0 Å². The average molecular weight is 363 g/mol. The largest absolute Gasteiger partial charge is 0.507 e. The van der Waals surface area contributed by atoms with E-state index in [2.05, 4.69) is 15.2 Å². The number of phenols is 1. The van der Waals surface area contributed by atoms with Gasteiger partial charge in [-0.3, -0.25) is 4.79 Å². The number of hydrogen-bond acceptors (Lipinski definition) is 5. The van der Waals surface area contributed by atoms with Crippen LogP contribution in [0.25, 0.3) is 22.6 Å². The molecule has 2 N–H and O–H groups in total. The van der Waals surface area contributed by atoms with Gasteiger partial charge in [0.2, 0.25) is 5.89 Å². The normalized spacial score (nSPS) is 24.2. The number of piperidine rings is 3. The van der Waals surface area contributed by atoms with E-state index < -0.39 is 0 Å². The van der Waals surface area contributed by atoms with E-state index in [1.165, 1.54) is 0 Å². The van der Waals surface area contributed by atoms with Crippen molar-refractivity contribution in [2.24, 2.45) is 5.92 Å². The molecule has 3 aliphatic heterocycles. The van der Waals surface area contributed by atoms with E-state index in [1.54, 1.807) is 36.4 Å². The van der Waals surface area contributed by atoms with Crippen LogP contribution in [0, 0.1) is 5.92 Å². The molecule has 3 saturated heterocycles. The second-order valence-corrected chi connectivity index (χ2v) is 7.41. The third kappa shape index (κ3) is 2.86. The fourth-order valence-corrected chi connectivity index (χ4v) is 4.28. The first-order chi connectivity index (χ1) is 13.2. The molecule has 0 radical (unpaired) electrons. The summed E-state index contributed by atoms with van der Waals surface area (Å²) in [6.07, 6.45) is 2.30. The SMILES string of the molecule is O=C(NC1CN2CCC1CC2)c1cccc2oc(-c3ccccc3O)nc12. The number of para-hydroxylation sites is 2. The van der Waals surface area contributed by atoms with Crippen LogP contribution in [-0.4, -0.2) is 46.6 Å². The van der Waals surface area contributed by atoms with E-state index >= 15 is 0 Å². The molecule has 0 aliphatic carbocycles. The monoisotopic (exact) mass is 363 g/mol. The predicted molar refractivity (Wildman–Crippen MR) is 102 cm³/mol. The molecule has 1 unspecified atom stereocenters. The molecule has 1 atom stereocenters. The molecule has 4 heterocycles. The Labute approximate surface area is 156 Å². The molecule has 6 nitrogen and oxygen atoms in total. The molecule has 1 aromatic heterocycles. The second-order valence-electron chi connectivity index (χ2n) is 7.41. The summed E-state index contributed by atoms with van der Waals surface area (Å²) in [5, 5.41) is 13.3. The van der Waals surface area contributed by atoms with E-state index in [0.29, 0.717) is 34.0 Å². The summed E-state index contributed by atoms with van der Waals surface area (Å²) in [4.78, 5) is 19.9. The van der Waals surface area contributed by atoms with Gasteiger partial charge in [0.1, 0.15) is 11.3 Å². The van der Waals surface area contributed by atoms with Gasteiger partial charge < -0.3 is 19.7 Å². The van der Waals surface area contributed by atoms with E-state index in [-0.39, 0.29) is 17.7 Å². The molecule has 0 saturated carbocycles. The molecule has 3 fully saturated rings. The predicted octanol–water partition coefficient (Wildman–Crippen LogP) is 3.02. The van der Waals surface area contributed by atoms with Gasteiger partial charge in [0.15, 0.2) is 5.58 Å². The van der Waals surface area contributed by atoms with Gasteiger partial charge in [-0.2, -0.15) is 0 Å². The number of phenolic OH excluding ortho intramolecular Hbond substituents is 1. The lowest BCUT2D eigenvalue weighted by molar-refractivity contribution is 0.0621. The van der Waals surface area contributed by atoms with Crippen molar-refractivity contribution >= 4 is 17.0 Å². The summed E-state index contributed by atoms with van der Waals surface area (Å²) in [6, 6.07) is 12.4. The maximum atomic E-state index is 13.0. The number of benzene rings is 2. The first-order valence-corrected chi connectivity index (χ1v) is 9.40. The van der Waals surface area contributed by atoms with Crippen molar-refractivity contribution in [3.8, 4) is 17.2 Å². The summed E-state index contributed by atoms with van der Waals surface area (Å²) >= 11 is 0. The Morgan fingerprint density at radius 2 is 1.96 bits per heavy atom. The average Bonchev–Trinajstić information content (AvgIpc) is 3.13. The number of rotatable bonds is 3. The van der Waals surface area contributed by atoms with Gasteiger partial charge in [0, 0.05) is 12.6 Å². The Bertz CT molecular complexity index is 1000. The van der Waals surface area contributed by atoms with E-state index in [9.17, 15) is 9.90 Å². The Morgan fingerprint density at radius 3 is 2.70 bits per heavy atom. The van der Waals surface area contributed by atoms with Crippen LogP contribution in [0.3, 0.4) is 0 Å². The van der Waals surface area contributed by atoms with E-state index in [4.69, 9.17) is 4.42 Å². The first kappa shape index (κ1) is 16.3. The molecule has 0 spiro atoms. The lowest BCUT2D eigenvalue weighted by Gasteiger charge is -2.44. The maximum absolute atomic E-state index is 13.0. The zero-order chi connectivity index (χ0) is 18.4. The summed E-state index contributed by atoms with van der Waals surface area (Å²) in [6.45, 7) is 3.20. The summed E-state index contributed by atoms with van der Waals surface area (Å²) in [5.74, 6) is 0.859. The number of amides is 1. The van der Waals surface area contributed by atoms with Crippen molar-refractivity contribution in [1.29, 1.82) is 0 Å². The van der Waals surface area contributed by atoms with Crippen LogP contribution >= 0.6 is 0 Å². The standard InChI is InChI=1S/C21H21N3O3/c25-17-6-2-1-4-14(17)21-23-19-15(5-3-7-18(19)27-21)20(26)22-16-12-24-10-8-13(16)9-11-24/h1-7,13,16,25H,8-12H2,(H,22,26). The lowest BCUT2D eigenvalue weighted by atomic mass is 9.84. The van der Waals surface area contributed by atoms with Crippen molar-refractivity contribution in [1.82, 2.24) is 15.2 Å². The van der Waals surface area contributed by atoms with E-state index in [0.717, 1.165) is 32.5 Å². The molecule has 1 amide bonds. The number of fused-ring (bicyclic) bond motifs is 4. The Kier molecular flexibility index (Phi) is 3.86. The zero-order valence-corrected chi connectivity index (χ0v) is 14.9. The second kappa shape index (κ2) is 6.39.